The molecule has 0 aromatic heterocycles. The first kappa shape index (κ1) is 9.51. The lowest BCUT2D eigenvalue weighted by atomic mass is 10.0. The SMILES string of the molecule is CCc1c(F)ccc(C(=O)O)c1N. The van der Waals surface area contributed by atoms with Gasteiger partial charge in [0.05, 0.1) is 11.3 Å². The maximum absolute atomic E-state index is 13.0. The summed E-state index contributed by atoms with van der Waals surface area (Å²) >= 11 is 0. The van der Waals surface area contributed by atoms with Gasteiger partial charge in [0.25, 0.3) is 0 Å². The van der Waals surface area contributed by atoms with Crippen LogP contribution in [0.15, 0.2) is 12.1 Å². The summed E-state index contributed by atoms with van der Waals surface area (Å²) in [5, 5.41) is 8.67. The molecule has 0 aliphatic rings. The van der Waals surface area contributed by atoms with Crippen molar-refractivity contribution in [1.29, 1.82) is 0 Å². The zero-order valence-electron chi connectivity index (χ0n) is 7.17. The Labute approximate surface area is 75.0 Å². The Morgan fingerprint density at radius 1 is 1.62 bits per heavy atom. The highest BCUT2D eigenvalue weighted by atomic mass is 19.1. The van der Waals surface area contributed by atoms with Crippen LogP contribution in [0.5, 0.6) is 0 Å². The molecule has 1 aromatic rings. The van der Waals surface area contributed by atoms with Crippen LogP contribution in [-0.4, -0.2) is 11.1 Å². The van der Waals surface area contributed by atoms with Gasteiger partial charge in [0.15, 0.2) is 0 Å². The Balaban J connectivity index is 3.35. The molecule has 0 saturated heterocycles. The first-order chi connectivity index (χ1) is 6.07. The van der Waals surface area contributed by atoms with Crippen LogP contribution in [0.2, 0.25) is 0 Å². The number of halogens is 1. The van der Waals surface area contributed by atoms with Crippen molar-refractivity contribution >= 4 is 11.7 Å². The molecule has 0 aliphatic carbocycles. The van der Waals surface area contributed by atoms with Crippen molar-refractivity contribution in [3.63, 3.8) is 0 Å². The molecular formula is C9H10FNO2. The highest BCUT2D eigenvalue weighted by Crippen LogP contribution is 2.21. The van der Waals surface area contributed by atoms with E-state index >= 15 is 0 Å². The summed E-state index contributed by atoms with van der Waals surface area (Å²) in [5.74, 6) is -1.59. The van der Waals surface area contributed by atoms with Crippen LogP contribution in [0.25, 0.3) is 0 Å². The van der Waals surface area contributed by atoms with Crippen molar-refractivity contribution in [2.45, 2.75) is 13.3 Å². The quantitative estimate of drug-likeness (QED) is 0.685. The molecule has 0 unspecified atom stereocenters. The van der Waals surface area contributed by atoms with Crippen molar-refractivity contribution in [2.75, 3.05) is 5.73 Å². The fourth-order valence-corrected chi connectivity index (χ4v) is 1.18. The Kier molecular flexibility index (Phi) is 2.51. The first-order valence-electron chi connectivity index (χ1n) is 3.88. The van der Waals surface area contributed by atoms with Gasteiger partial charge in [-0.25, -0.2) is 9.18 Å². The number of carboxylic acids is 1. The zero-order chi connectivity index (χ0) is 10.0. The van der Waals surface area contributed by atoms with Gasteiger partial charge in [-0.15, -0.1) is 0 Å². The number of aromatic carboxylic acids is 1. The van der Waals surface area contributed by atoms with Gasteiger partial charge in [-0.05, 0) is 18.6 Å². The van der Waals surface area contributed by atoms with Crippen LogP contribution >= 0.6 is 0 Å². The molecular weight excluding hydrogens is 173 g/mol. The molecule has 3 N–H and O–H groups in total. The first-order valence-corrected chi connectivity index (χ1v) is 3.88. The summed E-state index contributed by atoms with van der Waals surface area (Å²) < 4.78 is 13.0. The van der Waals surface area contributed by atoms with Gasteiger partial charge in [0.1, 0.15) is 5.82 Å². The number of hydrogen-bond donors (Lipinski definition) is 2. The summed E-state index contributed by atoms with van der Waals surface area (Å²) in [6, 6.07) is 2.30. The van der Waals surface area contributed by atoms with E-state index < -0.39 is 11.8 Å². The van der Waals surface area contributed by atoms with Crippen LogP contribution in [0.3, 0.4) is 0 Å². The minimum atomic E-state index is -1.13. The molecule has 13 heavy (non-hydrogen) atoms. The van der Waals surface area contributed by atoms with Gasteiger partial charge >= 0.3 is 5.97 Å². The topological polar surface area (TPSA) is 63.3 Å². The molecule has 0 atom stereocenters. The second-order valence-corrected chi connectivity index (χ2v) is 2.65. The zero-order valence-corrected chi connectivity index (χ0v) is 7.17. The predicted octanol–water partition coefficient (Wildman–Crippen LogP) is 1.67. The Hall–Kier alpha value is -1.58. The van der Waals surface area contributed by atoms with Crippen LogP contribution in [0.4, 0.5) is 10.1 Å². The standard InChI is InChI=1S/C9H10FNO2/c1-2-5-7(10)4-3-6(8(5)11)9(12)13/h3-4H,2,11H2,1H3,(H,12,13). The van der Waals surface area contributed by atoms with Crippen LogP contribution < -0.4 is 5.73 Å². The molecule has 0 radical (unpaired) electrons. The second kappa shape index (κ2) is 3.43. The lowest BCUT2D eigenvalue weighted by Crippen LogP contribution is -2.06. The predicted molar refractivity (Wildman–Crippen MR) is 47.1 cm³/mol. The average molecular weight is 183 g/mol. The van der Waals surface area contributed by atoms with E-state index in [1.807, 2.05) is 0 Å². The molecule has 4 heteroatoms. The highest BCUT2D eigenvalue weighted by molar-refractivity contribution is 5.94. The van der Waals surface area contributed by atoms with Gasteiger partial charge in [0.2, 0.25) is 0 Å². The van der Waals surface area contributed by atoms with Crippen LogP contribution in [-0.2, 0) is 6.42 Å². The van der Waals surface area contributed by atoms with Crippen LogP contribution in [0, 0.1) is 5.82 Å². The molecule has 0 saturated carbocycles. The molecule has 0 spiro atoms. The van der Waals surface area contributed by atoms with Gasteiger partial charge < -0.3 is 10.8 Å². The largest absolute Gasteiger partial charge is 0.478 e. The van der Waals surface area contributed by atoms with Crippen molar-refractivity contribution in [1.82, 2.24) is 0 Å². The van der Waals surface area contributed by atoms with Crippen LogP contribution in [0.1, 0.15) is 22.8 Å². The van der Waals surface area contributed by atoms with Gasteiger partial charge in [-0.3, -0.25) is 0 Å². The molecule has 0 heterocycles. The Morgan fingerprint density at radius 3 is 2.69 bits per heavy atom. The monoisotopic (exact) mass is 183 g/mol. The highest BCUT2D eigenvalue weighted by Gasteiger charge is 2.13. The number of carbonyl (C=O) groups is 1. The Morgan fingerprint density at radius 2 is 2.23 bits per heavy atom. The number of benzene rings is 1. The van der Waals surface area contributed by atoms with E-state index in [1.165, 1.54) is 6.07 Å². The van der Waals surface area contributed by atoms with E-state index in [4.69, 9.17) is 10.8 Å². The molecule has 1 rings (SSSR count). The Bertz CT molecular complexity index is 350. The lowest BCUT2D eigenvalue weighted by Gasteiger charge is -2.06. The average Bonchev–Trinajstić information content (AvgIpc) is 2.04. The number of nitrogens with two attached hydrogens (primary N) is 1. The van der Waals surface area contributed by atoms with Crippen molar-refractivity contribution in [3.8, 4) is 0 Å². The molecule has 3 nitrogen and oxygen atoms in total. The summed E-state index contributed by atoms with van der Waals surface area (Å²) in [6.45, 7) is 1.72. The molecule has 70 valence electrons. The third-order valence-corrected chi connectivity index (χ3v) is 1.88. The van der Waals surface area contributed by atoms with Gasteiger partial charge in [-0.2, -0.15) is 0 Å². The number of anilines is 1. The summed E-state index contributed by atoms with van der Waals surface area (Å²) in [7, 11) is 0. The maximum Gasteiger partial charge on any atom is 0.337 e. The number of carboxylic acid groups (broad SMARTS) is 1. The van der Waals surface area contributed by atoms with E-state index in [2.05, 4.69) is 0 Å². The minimum Gasteiger partial charge on any atom is -0.478 e. The smallest absolute Gasteiger partial charge is 0.337 e. The van der Waals surface area contributed by atoms with E-state index in [1.54, 1.807) is 6.92 Å². The normalized spacial score (nSPS) is 10.0. The van der Waals surface area contributed by atoms with Crippen molar-refractivity contribution < 1.29 is 14.3 Å². The minimum absolute atomic E-state index is 0.0231. The number of nitrogen functional groups attached to an aromatic ring is 1. The maximum atomic E-state index is 13.0. The number of rotatable bonds is 2. The molecule has 0 fully saturated rings. The summed E-state index contributed by atoms with van der Waals surface area (Å²) in [4.78, 5) is 10.6. The van der Waals surface area contributed by atoms with Gasteiger partial charge in [0, 0.05) is 5.56 Å². The number of hydrogen-bond acceptors (Lipinski definition) is 2. The molecule has 0 bridgehead atoms. The third-order valence-electron chi connectivity index (χ3n) is 1.88. The second-order valence-electron chi connectivity index (χ2n) is 2.65. The molecule has 1 aromatic carbocycles. The van der Waals surface area contributed by atoms with E-state index in [-0.39, 0.29) is 16.8 Å². The van der Waals surface area contributed by atoms with Crippen molar-refractivity contribution in [2.24, 2.45) is 0 Å². The summed E-state index contributed by atoms with van der Waals surface area (Å²) in [5.41, 5.74) is 5.72. The fourth-order valence-electron chi connectivity index (χ4n) is 1.18. The van der Waals surface area contributed by atoms with E-state index in [0.29, 0.717) is 6.42 Å². The lowest BCUT2D eigenvalue weighted by molar-refractivity contribution is 0.0698. The fraction of sp³-hybridized carbons (Fsp3) is 0.222. The van der Waals surface area contributed by atoms with Gasteiger partial charge in [-0.1, -0.05) is 6.92 Å². The molecule has 0 aliphatic heterocycles. The third kappa shape index (κ3) is 1.61. The van der Waals surface area contributed by atoms with Crippen molar-refractivity contribution in [3.05, 3.63) is 29.1 Å². The summed E-state index contributed by atoms with van der Waals surface area (Å²) in [6.07, 6.45) is 0.388. The molecule has 0 amide bonds. The van der Waals surface area contributed by atoms with E-state index in [9.17, 15) is 9.18 Å². The van der Waals surface area contributed by atoms with E-state index in [0.717, 1.165) is 6.07 Å².